The molecule has 0 aromatic carbocycles. The van der Waals surface area contributed by atoms with E-state index in [1.54, 1.807) is 0 Å². The van der Waals surface area contributed by atoms with Gasteiger partial charge in [0.15, 0.2) is 0 Å². The molecule has 0 aromatic rings. The number of hydrogen-bond acceptors (Lipinski definition) is 2. The van der Waals surface area contributed by atoms with Crippen LogP contribution in [0, 0.1) is 11.3 Å². The molecule has 2 heteroatoms. The average molecular weight is 194 g/mol. The average Bonchev–Trinajstić information content (AvgIpc) is 2.17. The Hall–Kier alpha value is -0.550. The molecule has 0 aliphatic carbocycles. The third-order valence-corrected chi connectivity index (χ3v) is 3.31. The lowest BCUT2D eigenvalue weighted by molar-refractivity contribution is 0.0514. The molecule has 14 heavy (non-hydrogen) atoms. The molecule has 0 radical (unpaired) electrons. The molecule has 2 atom stereocenters. The van der Waals surface area contributed by atoms with E-state index >= 15 is 0 Å². The molecule has 1 rings (SSSR count). The second-order valence-electron chi connectivity index (χ2n) is 4.55. The minimum atomic E-state index is 0.513. The van der Waals surface area contributed by atoms with Gasteiger partial charge in [-0.25, -0.2) is 0 Å². The predicted octanol–water partition coefficient (Wildman–Crippen LogP) is 2.94. The molecule has 2 nitrogen and oxygen atoms in total. The quantitative estimate of drug-likeness (QED) is 0.690. The molecule has 0 N–H and O–H groups in total. The molecule has 0 bridgehead atoms. The van der Waals surface area contributed by atoms with E-state index in [0.29, 0.717) is 24.5 Å². The Morgan fingerprint density at radius 3 is 2.50 bits per heavy atom. The van der Waals surface area contributed by atoms with E-state index in [2.05, 4.69) is 31.7 Å². The topological polar surface area (TPSA) is 27.0 Å². The maximum Gasteiger partial charge on any atom is 0.0638 e. The fraction of sp³-hybridized carbons (Fsp3) is 0.917. The summed E-state index contributed by atoms with van der Waals surface area (Å²) in [5, 5.41) is 8.80. The Labute approximate surface area is 87.9 Å². The minimum absolute atomic E-state index is 0.513. The van der Waals surface area contributed by atoms with Gasteiger partial charge in [0.1, 0.15) is 0 Å². The molecule has 0 amide bonds. The highest BCUT2D eigenvalue weighted by molar-refractivity contribution is 4.91. The van der Waals surface area contributed by atoms with Crippen LogP contribution in [0.4, 0.5) is 0 Å². The summed E-state index contributed by atoms with van der Waals surface area (Å²) in [6.07, 6.45) is 5.75. The van der Waals surface area contributed by atoms with Crippen LogP contribution in [0.1, 0.15) is 52.9 Å². The molecular formula is C12H22N2. The smallest absolute Gasteiger partial charge is 0.0638 e. The fourth-order valence-corrected chi connectivity index (χ4v) is 2.76. The van der Waals surface area contributed by atoms with Crippen molar-refractivity contribution in [1.82, 2.24) is 4.90 Å². The number of hydrogen-bond donors (Lipinski definition) is 0. The summed E-state index contributed by atoms with van der Waals surface area (Å²) in [6, 6.07) is 4.13. The van der Waals surface area contributed by atoms with Gasteiger partial charge in [0.05, 0.1) is 12.5 Å². The van der Waals surface area contributed by atoms with Gasteiger partial charge in [-0.2, -0.15) is 5.26 Å². The maximum absolute atomic E-state index is 8.80. The van der Waals surface area contributed by atoms with E-state index in [9.17, 15) is 0 Å². The summed E-state index contributed by atoms with van der Waals surface area (Å²) in [6.45, 7) is 6.76. The van der Waals surface area contributed by atoms with Crippen molar-refractivity contribution >= 4 is 0 Å². The minimum Gasteiger partial charge on any atom is -0.294 e. The summed E-state index contributed by atoms with van der Waals surface area (Å²) in [7, 11) is 0. The highest BCUT2D eigenvalue weighted by Gasteiger charge is 2.30. The zero-order valence-electron chi connectivity index (χ0n) is 9.66. The second-order valence-corrected chi connectivity index (χ2v) is 4.55. The zero-order chi connectivity index (χ0) is 10.6. The molecule has 0 saturated carbocycles. The van der Waals surface area contributed by atoms with Crippen LogP contribution in [-0.2, 0) is 0 Å². The van der Waals surface area contributed by atoms with Gasteiger partial charge >= 0.3 is 0 Å². The van der Waals surface area contributed by atoms with Gasteiger partial charge in [-0.05, 0) is 33.1 Å². The lowest BCUT2D eigenvalue weighted by Crippen LogP contribution is -2.49. The van der Waals surface area contributed by atoms with Gasteiger partial charge in [0.2, 0.25) is 0 Å². The van der Waals surface area contributed by atoms with Crippen molar-refractivity contribution in [2.75, 3.05) is 0 Å². The summed E-state index contributed by atoms with van der Waals surface area (Å²) < 4.78 is 0. The van der Waals surface area contributed by atoms with E-state index in [1.165, 1.54) is 25.7 Å². The normalized spacial score (nSPS) is 29.1. The lowest BCUT2D eigenvalue weighted by Gasteiger charge is -2.44. The summed E-state index contributed by atoms with van der Waals surface area (Å²) in [4.78, 5) is 2.56. The van der Waals surface area contributed by atoms with E-state index < -0.39 is 0 Å². The first-order chi connectivity index (χ1) is 6.70. The fourth-order valence-electron chi connectivity index (χ4n) is 2.76. The largest absolute Gasteiger partial charge is 0.294 e. The van der Waals surface area contributed by atoms with Crippen LogP contribution >= 0.6 is 0 Å². The highest BCUT2D eigenvalue weighted by atomic mass is 15.2. The molecule has 0 aromatic heterocycles. The van der Waals surface area contributed by atoms with Crippen molar-refractivity contribution in [3.8, 4) is 6.07 Å². The Balaban J connectivity index is 2.68. The van der Waals surface area contributed by atoms with Crippen molar-refractivity contribution < 1.29 is 0 Å². The summed E-state index contributed by atoms with van der Waals surface area (Å²) in [5.74, 6) is 0. The second kappa shape index (κ2) is 5.36. The Morgan fingerprint density at radius 1 is 1.36 bits per heavy atom. The number of nitrogens with zero attached hydrogens (tertiary/aromatic N) is 2. The van der Waals surface area contributed by atoms with Crippen LogP contribution in [-0.4, -0.2) is 23.0 Å². The first-order valence-electron chi connectivity index (χ1n) is 5.85. The molecule has 1 aliphatic heterocycles. The van der Waals surface area contributed by atoms with Gasteiger partial charge in [-0.3, -0.25) is 4.90 Å². The number of nitriles is 1. The van der Waals surface area contributed by atoms with Crippen molar-refractivity contribution in [2.24, 2.45) is 0 Å². The molecule has 1 aliphatic rings. The van der Waals surface area contributed by atoms with Crippen LogP contribution in [0.2, 0.25) is 0 Å². The first-order valence-corrected chi connectivity index (χ1v) is 5.85. The third-order valence-electron chi connectivity index (χ3n) is 3.31. The Bertz CT molecular complexity index is 205. The van der Waals surface area contributed by atoms with Crippen molar-refractivity contribution in [1.29, 1.82) is 5.26 Å². The molecule has 1 saturated heterocycles. The monoisotopic (exact) mass is 194 g/mol. The first kappa shape index (κ1) is 11.5. The molecule has 1 heterocycles. The van der Waals surface area contributed by atoms with Gasteiger partial charge in [0, 0.05) is 18.1 Å². The van der Waals surface area contributed by atoms with Gasteiger partial charge in [-0.1, -0.05) is 13.3 Å². The van der Waals surface area contributed by atoms with Gasteiger partial charge in [0.25, 0.3) is 0 Å². The molecule has 80 valence electrons. The summed E-state index contributed by atoms with van der Waals surface area (Å²) in [5.41, 5.74) is 0. The predicted molar refractivity (Wildman–Crippen MR) is 58.9 cm³/mol. The van der Waals surface area contributed by atoms with Crippen molar-refractivity contribution in [3.63, 3.8) is 0 Å². The van der Waals surface area contributed by atoms with Crippen LogP contribution in [0.3, 0.4) is 0 Å². The molecule has 0 spiro atoms. The van der Waals surface area contributed by atoms with E-state index in [1.807, 2.05) is 0 Å². The highest BCUT2D eigenvalue weighted by Crippen LogP contribution is 2.28. The zero-order valence-corrected chi connectivity index (χ0v) is 9.66. The van der Waals surface area contributed by atoms with Crippen molar-refractivity contribution in [2.45, 2.75) is 71.0 Å². The maximum atomic E-state index is 8.80. The standard InChI is InChI=1S/C12H22N2/c1-4-11-6-5-7-12(8-9-13)14(11)10(2)3/h10-12H,4-8H2,1-3H3. The van der Waals surface area contributed by atoms with E-state index in [4.69, 9.17) is 5.26 Å². The SMILES string of the molecule is CCC1CCCC(CC#N)N1C(C)C. The Kier molecular flexibility index (Phi) is 4.41. The molecule has 2 unspecified atom stereocenters. The number of likely N-dealkylation sites (tertiary alicyclic amines) is 1. The van der Waals surface area contributed by atoms with Crippen LogP contribution in [0.25, 0.3) is 0 Å². The van der Waals surface area contributed by atoms with E-state index in [-0.39, 0.29) is 0 Å². The Morgan fingerprint density at radius 2 is 2.00 bits per heavy atom. The van der Waals surface area contributed by atoms with Gasteiger partial charge < -0.3 is 0 Å². The molecular weight excluding hydrogens is 172 g/mol. The lowest BCUT2D eigenvalue weighted by atomic mass is 9.91. The van der Waals surface area contributed by atoms with Crippen molar-refractivity contribution in [3.05, 3.63) is 0 Å². The number of rotatable bonds is 3. The van der Waals surface area contributed by atoms with Crippen LogP contribution < -0.4 is 0 Å². The number of piperidine rings is 1. The van der Waals surface area contributed by atoms with E-state index in [0.717, 1.165) is 0 Å². The van der Waals surface area contributed by atoms with Crippen LogP contribution in [0.15, 0.2) is 0 Å². The third kappa shape index (κ3) is 2.48. The molecule has 1 fully saturated rings. The summed E-state index contributed by atoms with van der Waals surface area (Å²) >= 11 is 0. The van der Waals surface area contributed by atoms with Gasteiger partial charge in [-0.15, -0.1) is 0 Å². The van der Waals surface area contributed by atoms with Crippen LogP contribution in [0.5, 0.6) is 0 Å².